The zero-order valence-electron chi connectivity index (χ0n) is 8.84. The van der Waals surface area contributed by atoms with Crippen molar-refractivity contribution in [1.82, 2.24) is 4.98 Å². The van der Waals surface area contributed by atoms with Gasteiger partial charge in [-0.25, -0.2) is 4.39 Å². The third-order valence-corrected chi connectivity index (χ3v) is 3.88. The van der Waals surface area contributed by atoms with Crippen LogP contribution in [0.1, 0.15) is 10.4 Å². The van der Waals surface area contributed by atoms with Crippen molar-refractivity contribution >= 4 is 34.5 Å². The minimum absolute atomic E-state index is 0.280. The first kappa shape index (κ1) is 12.6. The molecule has 6 heteroatoms. The van der Waals surface area contributed by atoms with Crippen molar-refractivity contribution < 1.29 is 9.13 Å². The molecular formula is C11H8Cl2FNOS. The lowest BCUT2D eigenvalue weighted by atomic mass is 10.2. The number of aromatic nitrogens is 1. The van der Waals surface area contributed by atoms with Crippen molar-refractivity contribution in [2.75, 3.05) is 0 Å². The summed E-state index contributed by atoms with van der Waals surface area (Å²) in [6.07, 6.45) is 0. The van der Waals surface area contributed by atoms with Crippen molar-refractivity contribution in [3.8, 4) is 10.9 Å². The van der Waals surface area contributed by atoms with Gasteiger partial charge in [0, 0.05) is 6.07 Å². The number of hydrogen-bond acceptors (Lipinski definition) is 3. The van der Waals surface area contributed by atoms with E-state index >= 15 is 0 Å². The number of benzene rings is 1. The summed E-state index contributed by atoms with van der Waals surface area (Å²) >= 11 is 12.8. The van der Waals surface area contributed by atoms with E-state index in [1.54, 1.807) is 6.07 Å². The highest BCUT2D eigenvalue weighted by atomic mass is 35.5. The van der Waals surface area contributed by atoms with E-state index in [0.29, 0.717) is 16.1 Å². The first-order chi connectivity index (χ1) is 8.10. The molecule has 0 saturated heterocycles. The molecule has 17 heavy (non-hydrogen) atoms. The number of nitrogens with zero attached hydrogens (tertiary/aromatic N) is 1. The molecule has 0 aliphatic heterocycles. The summed E-state index contributed by atoms with van der Waals surface area (Å²) in [6.45, 7) is 1.83. The Kier molecular flexibility index (Phi) is 3.86. The zero-order chi connectivity index (χ0) is 12.4. The maximum absolute atomic E-state index is 13.1. The van der Waals surface area contributed by atoms with E-state index in [1.807, 2.05) is 6.92 Å². The van der Waals surface area contributed by atoms with E-state index in [-0.39, 0.29) is 11.7 Å². The van der Waals surface area contributed by atoms with E-state index in [1.165, 1.54) is 23.5 Å². The number of ether oxygens (including phenoxy) is 1. The van der Waals surface area contributed by atoms with Gasteiger partial charge < -0.3 is 4.74 Å². The number of alkyl halides is 1. The van der Waals surface area contributed by atoms with Crippen LogP contribution >= 0.6 is 34.5 Å². The number of rotatable bonds is 3. The molecule has 2 nitrogen and oxygen atoms in total. The van der Waals surface area contributed by atoms with Crippen molar-refractivity contribution in [3.05, 3.63) is 39.6 Å². The van der Waals surface area contributed by atoms with Gasteiger partial charge in [0.1, 0.15) is 16.7 Å². The van der Waals surface area contributed by atoms with Crippen LogP contribution < -0.4 is 4.74 Å². The minimum atomic E-state index is -0.356. The molecule has 1 aromatic carbocycles. The first-order valence-electron chi connectivity index (χ1n) is 4.75. The van der Waals surface area contributed by atoms with Gasteiger partial charge in [0.2, 0.25) is 0 Å². The summed E-state index contributed by atoms with van der Waals surface area (Å²) in [5.41, 5.74) is 0.824. The smallest absolute Gasteiger partial charge is 0.280 e. The van der Waals surface area contributed by atoms with Crippen molar-refractivity contribution in [1.29, 1.82) is 0 Å². The van der Waals surface area contributed by atoms with Gasteiger partial charge in [-0.2, -0.15) is 4.98 Å². The summed E-state index contributed by atoms with van der Waals surface area (Å²) in [4.78, 5) is 4.74. The lowest BCUT2D eigenvalue weighted by Gasteiger charge is -2.04. The Bertz CT molecular complexity index is 544. The molecule has 0 radical (unpaired) electrons. The second-order valence-electron chi connectivity index (χ2n) is 3.34. The molecule has 0 aliphatic carbocycles. The topological polar surface area (TPSA) is 22.1 Å². The number of hydrogen-bond donors (Lipinski definition) is 0. The quantitative estimate of drug-likeness (QED) is 0.760. The summed E-state index contributed by atoms with van der Waals surface area (Å²) in [5.74, 6) is 0.351. The van der Waals surface area contributed by atoms with Crippen LogP contribution in [0.5, 0.6) is 10.9 Å². The number of halogens is 3. The molecule has 0 saturated carbocycles. The van der Waals surface area contributed by atoms with Crippen LogP contribution in [-0.4, -0.2) is 4.98 Å². The van der Waals surface area contributed by atoms with Crippen LogP contribution in [0.2, 0.25) is 5.15 Å². The van der Waals surface area contributed by atoms with Gasteiger partial charge in [-0.3, -0.25) is 0 Å². The van der Waals surface area contributed by atoms with E-state index in [9.17, 15) is 4.39 Å². The summed E-state index contributed by atoms with van der Waals surface area (Å²) in [7, 11) is 0. The Balaban J connectivity index is 2.27. The third kappa shape index (κ3) is 2.89. The lowest BCUT2D eigenvalue weighted by molar-refractivity contribution is 0.469. The van der Waals surface area contributed by atoms with Crippen LogP contribution in [0.4, 0.5) is 4.39 Å². The average Bonchev–Trinajstić information content (AvgIpc) is 2.64. The van der Waals surface area contributed by atoms with Gasteiger partial charge in [-0.05, 0) is 18.6 Å². The highest BCUT2D eigenvalue weighted by Gasteiger charge is 2.11. The van der Waals surface area contributed by atoms with E-state index in [4.69, 9.17) is 27.9 Å². The van der Waals surface area contributed by atoms with Crippen LogP contribution in [-0.2, 0) is 5.88 Å². The molecule has 0 N–H and O–H groups in total. The van der Waals surface area contributed by atoms with Crippen molar-refractivity contribution in [3.63, 3.8) is 0 Å². The Hall–Kier alpha value is -0.840. The highest BCUT2D eigenvalue weighted by molar-refractivity contribution is 7.14. The fourth-order valence-corrected chi connectivity index (χ4v) is 2.55. The second kappa shape index (κ2) is 5.21. The van der Waals surface area contributed by atoms with Gasteiger partial charge in [-0.15, -0.1) is 11.6 Å². The second-order valence-corrected chi connectivity index (χ2v) is 5.01. The van der Waals surface area contributed by atoms with Gasteiger partial charge in [0.25, 0.3) is 5.19 Å². The lowest BCUT2D eigenvalue weighted by Crippen LogP contribution is -1.87. The molecule has 2 aromatic rings. The van der Waals surface area contributed by atoms with Crippen molar-refractivity contribution in [2.24, 2.45) is 0 Å². The monoisotopic (exact) mass is 291 g/mol. The number of thiazole rings is 1. The molecule has 0 aliphatic rings. The van der Waals surface area contributed by atoms with Crippen LogP contribution in [0, 0.1) is 12.7 Å². The predicted molar refractivity (Wildman–Crippen MR) is 67.9 cm³/mol. The van der Waals surface area contributed by atoms with Crippen LogP contribution in [0.25, 0.3) is 0 Å². The SMILES string of the molecule is Cc1ccc(F)cc1Oc1nc(Cl)c(CCl)s1. The zero-order valence-corrected chi connectivity index (χ0v) is 11.2. The molecule has 1 aromatic heterocycles. The predicted octanol–water partition coefficient (Wildman–Crippen LogP) is 4.78. The van der Waals surface area contributed by atoms with E-state index in [0.717, 1.165) is 10.4 Å². The summed E-state index contributed by atoms with van der Waals surface area (Å²) < 4.78 is 18.5. The van der Waals surface area contributed by atoms with Crippen LogP contribution in [0.15, 0.2) is 18.2 Å². The molecule has 0 unspecified atom stereocenters. The third-order valence-electron chi connectivity index (χ3n) is 2.10. The number of aryl methyl sites for hydroxylation is 1. The average molecular weight is 292 g/mol. The molecule has 0 atom stereocenters. The van der Waals surface area contributed by atoms with Gasteiger partial charge >= 0.3 is 0 Å². The molecule has 1 heterocycles. The molecule has 90 valence electrons. The Morgan fingerprint density at radius 3 is 2.88 bits per heavy atom. The molecule has 0 fully saturated rings. The summed E-state index contributed by atoms with van der Waals surface area (Å²) in [6, 6.07) is 4.33. The maximum atomic E-state index is 13.1. The largest absolute Gasteiger partial charge is 0.430 e. The first-order valence-corrected chi connectivity index (χ1v) is 6.48. The molecular weight excluding hydrogens is 284 g/mol. The Morgan fingerprint density at radius 2 is 2.24 bits per heavy atom. The van der Waals surface area contributed by atoms with E-state index in [2.05, 4.69) is 4.98 Å². The van der Waals surface area contributed by atoms with Gasteiger partial charge in [0.05, 0.1) is 10.8 Å². The van der Waals surface area contributed by atoms with Gasteiger partial charge in [0.15, 0.2) is 0 Å². The van der Waals surface area contributed by atoms with Gasteiger partial charge in [-0.1, -0.05) is 29.0 Å². The normalized spacial score (nSPS) is 10.6. The summed E-state index contributed by atoms with van der Waals surface area (Å²) in [5, 5.41) is 0.688. The molecule has 0 spiro atoms. The molecule has 0 amide bonds. The Labute approximate surface area is 112 Å². The standard InChI is InChI=1S/C11H8Cl2FNOS/c1-6-2-3-7(14)4-8(6)16-11-15-10(13)9(5-12)17-11/h2-4H,5H2,1H3. The fourth-order valence-electron chi connectivity index (χ4n) is 1.22. The fraction of sp³-hybridized carbons (Fsp3) is 0.182. The van der Waals surface area contributed by atoms with E-state index < -0.39 is 0 Å². The molecule has 0 bridgehead atoms. The van der Waals surface area contributed by atoms with Crippen LogP contribution in [0.3, 0.4) is 0 Å². The molecule has 2 rings (SSSR count). The highest BCUT2D eigenvalue weighted by Crippen LogP contribution is 2.34. The van der Waals surface area contributed by atoms with Crippen molar-refractivity contribution in [2.45, 2.75) is 12.8 Å². The maximum Gasteiger partial charge on any atom is 0.280 e. The Morgan fingerprint density at radius 1 is 1.47 bits per heavy atom. The minimum Gasteiger partial charge on any atom is -0.430 e.